The number of ether oxygens (including phenoxy) is 4. The molecular weight excluding hydrogens is 749 g/mol. The lowest BCUT2D eigenvalue weighted by Gasteiger charge is -2.51. The summed E-state index contributed by atoms with van der Waals surface area (Å²) in [6, 6.07) is 2.26. The highest BCUT2D eigenvalue weighted by molar-refractivity contribution is 6.47. The lowest BCUT2D eigenvalue weighted by atomic mass is 9.55. The smallest absolute Gasteiger partial charge is 0.423 e. The second kappa shape index (κ2) is 15.1. The van der Waals surface area contributed by atoms with Crippen LogP contribution in [-0.4, -0.2) is 37.1 Å². The molecule has 0 bridgehead atoms. The molecule has 0 radical (unpaired) electrons. The number of hydrogen-bond acceptors (Lipinski definition) is 8. The molecule has 2 aromatic carbocycles. The third-order valence-electron chi connectivity index (χ3n) is 10.5. The molecule has 2 aromatic rings. The Kier molecular flexibility index (Phi) is 12.2. The number of esters is 4. The molecule has 0 spiro atoms. The molecule has 0 aromatic heterocycles. The van der Waals surface area contributed by atoms with Gasteiger partial charge in [0.15, 0.2) is 11.5 Å². The maximum absolute atomic E-state index is 13.2. The van der Waals surface area contributed by atoms with Crippen LogP contribution >= 0.6 is 69.6 Å². The highest BCUT2D eigenvalue weighted by atomic mass is 35.5. The van der Waals surface area contributed by atoms with E-state index in [9.17, 15) is 19.2 Å². The van der Waals surface area contributed by atoms with Gasteiger partial charge >= 0.3 is 23.9 Å². The summed E-state index contributed by atoms with van der Waals surface area (Å²) < 4.78 is 21.3. The second-order valence-electron chi connectivity index (χ2n) is 13.5. The Morgan fingerprint density at radius 3 is 1.25 bits per heavy atom. The first-order valence-electron chi connectivity index (χ1n) is 15.4. The number of carbonyl (C=O) groups excluding carboxylic acids is 4. The first-order valence-corrected chi connectivity index (χ1v) is 17.7. The fraction of sp³-hybridized carbons (Fsp3) is 0.529. The maximum Gasteiger partial charge on any atom is 0.423 e. The van der Waals surface area contributed by atoms with Crippen LogP contribution in [-0.2, 0) is 19.1 Å². The summed E-state index contributed by atoms with van der Waals surface area (Å²) in [4.78, 5) is 52.4. The molecule has 2 saturated carbocycles. The third kappa shape index (κ3) is 7.84. The minimum atomic E-state index is -1.64. The number of carbonyl (C=O) groups is 4. The van der Waals surface area contributed by atoms with Gasteiger partial charge in [-0.1, -0.05) is 111 Å². The number of hydrogen-bond donors (Lipinski definition) is 0. The van der Waals surface area contributed by atoms with Crippen LogP contribution in [0.3, 0.4) is 0 Å². The minimum Gasteiger partial charge on any atom is -0.462 e. The van der Waals surface area contributed by atoms with Gasteiger partial charge in [0.25, 0.3) is 0 Å². The van der Waals surface area contributed by atoms with E-state index in [1.807, 2.05) is 0 Å². The van der Waals surface area contributed by atoms with Crippen LogP contribution in [0.25, 0.3) is 0 Å². The van der Waals surface area contributed by atoms with Crippen LogP contribution in [0.1, 0.15) is 87.9 Å². The van der Waals surface area contributed by atoms with Crippen molar-refractivity contribution in [3.05, 3.63) is 53.4 Å². The summed E-state index contributed by atoms with van der Waals surface area (Å²) in [5, 5.41) is -1.48. The van der Waals surface area contributed by atoms with Crippen molar-refractivity contribution in [3.8, 4) is 11.5 Å². The Morgan fingerprint density at radius 1 is 0.625 bits per heavy atom. The number of halogens is 6. The summed E-state index contributed by atoms with van der Waals surface area (Å²) in [5.41, 5.74) is -0.928. The monoisotopic (exact) mass is 782 g/mol. The zero-order valence-corrected chi connectivity index (χ0v) is 31.8. The molecule has 6 atom stereocenters. The van der Waals surface area contributed by atoms with E-state index in [4.69, 9.17) is 88.6 Å². The topological polar surface area (TPSA) is 105 Å². The maximum atomic E-state index is 13.2. The van der Waals surface area contributed by atoms with Gasteiger partial charge in [-0.05, 0) is 72.3 Å². The molecule has 6 unspecified atom stereocenters. The van der Waals surface area contributed by atoms with E-state index in [1.165, 1.54) is 0 Å². The highest BCUT2D eigenvalue weighted by Crippen LogP contribution is 2.53. The normalized spacial score (nSPS) is 26.2. The summed E-state index contributed by atoms with van der Waals surface area (Å²) in [5.74, 6) is -4.38. The summed E-state index contributed by atoms with van der Waals surface area (Å²) in [7, 11) is 0. The molecule has 0 amide bonds. The van der Waals surface area contributed by atoms with Crippen molar-refractivity contribution in [1.82, 2.24) is 0 Å². The number of rotatable bonds is 10. The second-order valence-corrected chi connectivity index (χ2v) is 15.9. The van der Waals surface area contributed by atoms with Gasteiger partial charge in [0, 0.05) is 0 Å². The summed E-state index contributed by atoms with van der Waals surface area (Å²) >= 11 is 37.5. The van der Waals surface area contributed by atoms with Crippen molar-refractivity contribution >= 4 is 93.5 Å². The minimum absolute atomic E-state index is 0.00231. The fourth-order valence-electron chi connectivity index (χ4n) is 6.80. The molecule has 0 aliphatic heterocycles. The van der Waals surface area contributed by atoms with E-state index >= 15 is 0 Å². The largest absolute Gasteiger partial charge is 0.462 e. The molecule has 2 aliphatic carbocycles. The van der Waals surface area contributed by atoms with Crippen LogP contribution in [0.4, 0.5) is 0 Å². The van der Waals surface area contributed by atoms with Crippen LogP contribution in [0.2, 0.25) is 30.1 Å². The van der Waals surface area contributed by atoms with Crippen LogP contribution < -0.4 is 9.47 Å². The van der Waals surface area contributed by atoms with Gasteiger partial charge in [0.05, 0.1) is 43.3 Å². The first kappa shape index (κ1) is 38.9. The van der Waals surface area contributed by atoms with E-state index in [1.54, 1.807) is 0 Å². The van der Waals surface area contributed by atoms with Gasteiger partial charge in [-0.25, -0.2) is 19.2 Å². The van der Waals surface area contributed by atoms with Crippen molar-refractivity contribution < 1.29 is 38.1 Å². The van der Waals surface area contributed by atoms with Gasteiger partial charge in [0.2, 0.25) is 0 Å². The van der Waals surface area contributed by atoms with E-state index in [0.29, 0.717) is 36.5 Å². The number of benzene rings is 2. The molecule has 14 heteroatoms. The Morgan fingerprint density at radius 2 is 0.958 bits per heavy atom. The quantitative estimate of drug-likeness (QED) is 0.101. The van der Waals surface area contributed by atoms with Crippen LogP contribution in [0.5, 0.6) is 11.5 Å². The average Bonchev–Trinajstić information content (AvgIpc) is 3.01. The predicted octanol–water partition coefficient (Wildman–Crippen LogP) is 10.6. The highest BCUT2D eigenvalue weighted by Gasteiger charge is 2.46. The van der Waals surface area contributed by atoms with Gasteiger partial charge in [0.1, 0.15) is 11.1 Å². The van der Waals surface area contributed by atoms with E-state index in [0.717, 1.165) is 25.0 Å². The van der Waals surface area contributed by atoms with Crippen molar-refractivity contribution in [3.63, 3.8) is 0 Å². The van der Waals surface area contributed by atoms with Crippen LogP contribution in [0, 0.1) is 34.5 Å². The van der Waals surface area contributed by atoms with Crippen LogP contribution in [0.15, 0.2) is 12.1 Å². The standard InChI is InChI=1S/C34H36Cl6O8/c1-15-13-33(5,17(15)3)7-9-45-29(41)23-25(39)19(35)11-21(37)27(23)47-31(43)32(44)48-28-22(38)12-20(36)26(40)24(28)30(42)46-10-8-34(6)14-16(2)18(34)4/h11-12,15-18H,7-10,13-14H2,1-6H3. The lowest BCUT2D eigenvalue weighted by molar-refractivity contribution is -0.156. The lowest BCUT2D eigenvalue weighted by Crippen LogP contribution is -2.43. The summed E-state index contributed by atoms with van der Waals surface area (Å²) in [6.07, 6.45) is 3.15. The van der Waals surface area contributed by atoms with Gasteiger partial charge < -0.3 is 18.9 Å². The summed E-state index contributed by atoms with van der Waals surface area (Å²) in [6.45, 7) is 13.0. The Bertz CT molecular complexity index is 1530. The molecule has 0 N–H and O–H groups in total. The molecule has 0 heterocycles. The molecule has 48 heavy (non-hydrogen) atoms. The van der Waals surface area contributed by atoms with E-state index in [-0.39, 0.29) is 54.2 Å². The van der Waals surface area contributed by atoms with Crippen molar-refractivity contribution in [1.29, 1.82) is 0 Å². The first-order chi connectivity index (χ1) is 22.3. The van der Waals surface area contributed by atoms with E-state index in [2.05, 4.69) is 41.5 Å². The zero-order chi connectivity index (χ0) is 35.9. The molecule has 2 aliphatic rings. The Hall–Kier alpha value is -1.94. The predicted molar refractivity (Wildman–Crippen MR) is 186 cm³/mol. The fourth-order valence-corrected chi connectivity index (χ4v) is 8.24. The van der Waals surface area contributed by atoms with E-state index < -0.39 is 46.5 Å². The SMILES string of the molecule is CC1CC(C)(CCOC(=O)c2c(Cl)c(Cl)cc(Cl)c2OC(=O)C(=O)Oc2c(Cl)cc(Cl)c(Cl)c2C(=O)OCCC2(C)CC(C)C2C)C1C. The molecule has 262 valence electrons. The molecule has 2 fully saturated rings. The van der Waals surface area contributed by atoms with Gasteiger partial charge in [-0.2, -0.15) is 0 Å². The third-order valence-corrected chi connectivity index (χ3v) is 12.6. The van der Waals surface area contributed by atoms with Crippen molar-refractivity contribution in [2.45, 2.75) is 67.2 Å². The zero-order valence-electron chi connectivity index (χ0n) is 27.2. The Balaban J connectivity index is 1.50. The molecule has 4 rings (SSSR count). The van der Waals surface area contributed by atoms with Gasteiger partial charge in [-0.15, -0.1) is 0 Å². The van der Waals surface area contributed by atoms with Crippen molar-refractivity contribution in [2.75, 3.05) is 13.2 Å². The Labute approximate surface area is 309 Å². The molecule has 8 nitrogen and oxygen atoms in total. The molecule has 0 saturated heterocycles. The van der Waals surface area contributed by atoms with Crippen molar-refractivity contribution in [2.24, 2.45) is 34.5 Å². The molecular formula is C34H36Cl6O8. The van der Waals surface area contributed by atoms with Gasteiger partial charge in [-0.3, -0.25) is 0 Å². The average molecular weight is 785 g/mol.